The minimum absolute atomic E-state index is 0.00592. The predicted octanol–water partition coefficient (Wildman–Crippen LogP) is 6.57. The highest BCUT2D eigenvalue weighted by atomic mass is 32.2. The molecule has 1 unspecified atom stereocenters. The van der Waals surface area contributed by atoms with Crippen LogP contribution in [-0.4, -0.2) is 51.1 Å². The summed E-state index contributed by atoms with van der Waals surface area (Å²) >= 11 is 1.18. The number of carboxylic acids is 1. The maximum Gasteiger partial charge on any atom is 0.338 e. The van der Waals surface area contributed by atoms with Gasteiger partial charge in [0.25, 0.3) is 5.88 Å². The van der Waals surface area contributed by atoms with E-state index in [1.807, 2.05) is 48.3 Å². The van der Waals surface area contributed by atoms with Gasteiger partial charge in [0.15, 0.2) is 22.5 Å². The van der Waals surface area contributed by atoms with E-state index < -0.39 is 29.2 Å². The van der Waals surface area contributed by atoms with E-state index in [-0.39, 0.29) is 41.1 Å². The lowest BCUT2D eigenvalue weighted by molar-refractivity contribution is 0.0695. The lowest BCUT2D eigenvalue weighted by Crippen LogP contribution is -2.24. The van der Waals surface area contributed by atoms with Gasteiger partial charge in [-0.25, -0.2) is 24.1 Å². The van der Waals surface area contributed by atoms with Gasteiger partial charge >= 0.3 is 5.97 Å². The van der Waals surface area contributed by atoms with Gasteiger partial charge < -0.3 is 19.3 Å². The monoisotopic (exact) mass is 668 g/mol. The zero-order valence-electron chi connectivity index (χ0n) is 25.3. The average Bonchev–Trinajstić information content (AvgIpc) is 3.53. The van der Waals surface area contributed by atoms with Gasteiger partial charge in [0.05, 0.1) is 29.6 Å². The summed E-state index contributed by atoms with van der Waals surface area (Å²) < 4.78 is 48.7. The number of carboxylic acid groups (broad SMARTS) is 1. The first-order valence-electron chi connectivity index (χ1n) is 14.5. The van der Waals surface area contributed by atoms with Crippen molar-refractivity contribution in [3.8, 4) is 34.9 Å². The number of likely N-dealkylation sites (N-methyl/N-ethyl adjacent to an activating group) is 1. The van der Waals surface area contributed by atoms with Gasteiger partial charge in [0, 0.05) is 42.0 Å². The molecule has 2 aromatic heterocycles. The molecule has 0 aliphatic carbocycles. The quantitative estimate of drug-likeness (QED) is 0.147. The second-order valence-electron chi connectivity index (χ2n) is 10.5. The lowest BCUT2D eigenvalue weighted by atomic mass is 10.1. The van der Waals surface area contributed by atoms with E-state index in [1.54, 1.807) is 18.2 Å². The number of benzene rings is 3. The molecule has 1 saturated heterocycles. The maximum atomic E-state index is 16.0. The largest absolute Gasteiger partial charge is 0.485 e. The van der Waals surface area contributed by atoms with E-state index in [4.69, 9.17) is 19.3 Å². The Kier molecular flexibility index (Phi) is 9.72. The third-order valence-corrected chi connectivity index (χ3v) is 8.11. The summed E-state index contributed by atoms with van der Waals surface area (Å²) in [6, 6.07) is 20.8. The molecule has 3 aromatic carbocycles. The SMILES string of the molecule is CN1CCNC1c1cc(Sc2ncc(C(=O)O)cn2)ccc1Oc1c(F)cnc(Oc2cc(C#N)ccc2OCc2ccccc2)c1F. The molecular weight excluding hydrogens is 642 g/mol. The van der Waals surface area contributed by atoms with Crippen LogP contribution in [0.25, 0.3) is 0 Å². The first kappa shape index (κ1) is 32.3. The fraction of sp³-hybridized carbons (Fsp3) is 0.147. The summed E-state index contributed by atoms with van der Waals surface area (Å²) in [6.45, 7) is 1.56. The van der Waals surface area contributed by atoms with E-state index in [2.05, 4.69) is 20.3 Å². The van der Waals surface area contributed by atoms with Gasteiger partial charge in [-0.3, -0.25) is 10.2 Å². The fourth-order valence-electron chi connectivity index (χ4n) is 4.81. The molecule has 242 valence electrons. The van der Waals surface area contributed by atoms with Crippen LogP contribution in [0, 0.1) is 23.0 Å². The van der Waals surface area contributed by atoms with Crippen LogP contribution in [0.2, 0.25) is 0 Å². The number of aromatic nitrogens is 3. The average molecular weight is 669 g/mol. The van der Waals surface area contributed by atoms with Crippen molar-refractivity contribution in [1.82, 2.24) is 25.2 Å². The van der Waals surface area contributed by atoms with Crippen LogP contribution in [0.4, 0.5) is 8.78 Å². The molecule has 6 rings (SSSR count). The molecule has 0 spiro atoms. The first-order chi connectivity index (χ1) is 23.3. The molecule has 0 amide bonds. The van der Waals surface area contributed by atoms with Gasteiger partial charge in [0.2, 0.25) is 11.6 Å². The first-order valence-corrected chi connectivity index (χ1v) is 15.3. The van der Waals surface area contributed by atoms with Crippen molar-refractivity contribution in [3.63, 3.8) is 0 Å². The molecule has 1 aliphatic heterocycles. The van der Waals surface area contributed by atoms with Gasteiger partial charge in [-0.2, -0.15) is 9.65 Å². The summed E-state index contributed by atoms with van der Waals surface area (Å²) in [7, 11) is 1.90. The van der Waals surface area contributed by atoms with Crippen LogP contribution in [0.3, 0.4) is 0 Å². The molecule has 11 nitrogen and oxygen atoms in total. The van der Waals surface area contributed by atoms with Crippen molar-refractivity contribution >= 4 is 17.7 Å². The number of carbonyl (C=O) groups is 1. The summed E-state index contributed by atoms with van der Waals surface area (Å²) in [5, 5.41) is 22.2. The van der Waals surface area contributed by atoms with Crippen molar-refractivity contribution in [1.29, 1.82) is 5.26 Å². The summed E-state index contributed by atoms with van der Waals surface area (Å²) in [5.74, 6) is -4.32. The molecule has 14 heteroatoms. The third kappa shape index (κ3) is 7.34. The second-order valence-corrected chi connectivity index (χ2v) is 11.5. The molecule has 0 bridgehead atoms. The number of hydrogen-bond acceptors (Lipinski definition) is 11. The van der Waals surface area contributed by atoms with Crippen molar-refractivity contribution in [2.45, 2.75) is 22.8 Å². The van der Waals surface area contributed by atoms with Gasteiger partial charge in [-0.05, 0) is 54.7 Å². The number of halogens is 2. The van der Waals surface area contributed by atoms with Crippen molar-refractivity contribution in [2.24, 2.45) is 0 Å². The molecule has 5 aromatic rings. The number of nitrogens with one attached hydrogen (secondary N) is 1. The van der Waals surface area contributed by atoms with Gasteiger partial charge in [-0.1, -0.05) is 30.3 Å². The highest BCUT2D eigenvalue weighted by Crippen LogP contribution is 2.41. The number of rotatable bonds is 11. The number of nitriles is 1. The molecular formula is C34H26F2N6O5S. The third-order valence-electron chi connectivity index (χ3n) is 7.23. The Balaban J connectivity index is 1.29. The summed E-state index contributed by atoms with van der Waals surface area (Å²) in [4.78, 5) is 25.9. The molecule has 0 radical (unpaired) electrons. The normalized spacial score (nSPS) is 14.3. The van der Waals surface area contributed by atoms with Crippen molar-refractivity contribution in [2.75, 3.05) is 20.1 Å². The number of pyridine rings is 1. The Morgan fingerprint density at radius 3 is 2.50 bits per heavy atom. The van der Waals surface area contributed by atoms with E-state index in [0.717, 1.165) is 11.8 Å². The molecule has 1 atom stereocenters. The van der Waals surface area contributed by atoms with Crippen LogP contribution in [0.5, 0.6) is 28.9 Å². The standard InChI is InChI=1S/C34H26F2N6O5S/c1-42-12-11-38-31(42)24-14-23(48-34-40-16-22(17-41-34)33(43)44)8-10-26(24)46-30-25(35)18-39-32(29(30)36)47-28-13-21(15-37)7-9-27(28)45-19-20-5-3-2-4-6-20/h2-10,13-14,16-18,31,38H,11-12,19H2,1H3,(H,43,44). The highest BCUT2D eigenvalue weighted by Gasteiger charge is 2.28. The highest BCUT2D eigenvalue weighted by molar-refractivity contribution is 7.99. The summed E-state index contributed by atoms with van der Waals surface area (Å²) in [6.07, 6.45) is 2.87. The Hall–Kier alpha value is -5.62. The van der Waals surface area contributed by atoms with Crippen LogP contribution in [0.15, 0.2) is 95.4 Å². The van der Waals surface area contributed by atoms with Crippen LogP contribution < -0.4 is 19.5 Å². The fourth-order valence-corrected chi connectivity index (χ4v) is 5.56. The van der Waals surface area contributed by atoms with Crippen LogP contribution in [0.1, 0.15) is 33.2 Å². The minimum Gasteiger partial charge on any atom is -0.485 e. The maximum absolute atomic E-state index is 16.0. The molecule has 3 heterocycles. The number of aromatic carboxylic acids is 1. The second kappa shape index (κ2) is 14.4. The van der Waals surface area contributed by atoms with Crippen LogP contribution >= 0.6 is 11.8 Å². The molecule has 1 fully saturated rings. The van der Waals surface area contributed by atoms with Gasteiger partial charge in [-0.15, -0.1) is 0 Å². The van der Waals surface area contributed by atoms with E-state index in [9.17, 15) is 10.1 Å². The van der Waals surface area contributed by atoms with Crippen molar-refractivity contribution < 1.29 is 32.9 Å². The van der Waals surface area contributed by atoms with Crippen LogP contribution in [-0.2, 0) is 6.61 Å². The van der Waals surface area contributed by atoms with Crippen molar-refractivity contribution in [3.05, 3.63) is 119 Å². The van der Waals surface area contributed by atoms with E-state index in [1.165, 1.54) is 42.4 Å². The number of hydrogen-bond donors (Lipinski definition) is 2. The molecule has 1 aliphatic rings. The molecule has 48 heavy (non-hydrogen) atoms. The molecule has 2 N–H and O–H groups in total. The van der Waals surface area contributed by atoms with Gasteiger partial charge in [0.1, 0.15) is 12.4 Å². The number of ether oxygens (including phenoxy) is 3. The Bertz CT molecular complexity index is 2000. The van der Waals surface area contributed by atoms with E-state index >= 15 is 8.78 Å². The number of nitrogens with zero attached hydrogens (tertiary/aromatic N) is 5. The molecule has 0 saturated carbocycles. The minimum atomic E-state index is -1.20. The smallest absolute Gasteiger partial charge is 0.338 e. The predicted molar refractivity (Wildman–Crippen MR) is 169 cm³/mol. The zero-order valence-corrected chi connectivity index (χ0v) is 26.1. The topological polar surface area (TPSA) is 143 Å². The Labute approximate surface area is 277 Å². The lowest BCUT2D eigenvalue weighted by Gasteiger charge is -2.23. The summed E-state index contributed by atoms with van der Waals surface area (Å²) in [5.41, 5.74) is 1.65. The van der Waals surface area contributed by atoms with E-state index in [0.29, 0.717) is 28.7 Å². The Morgan fingerprint density at radius 1 is 1.02 bits per heavy atom. The Morgan fingerprint density at radius 2 is 1.79 bits per heavy atom. The zero-order chi connectivity index (χ0) is 33.6.